The molecule has 2 fully saturated rings. The van der Waals surface area contributed by atoms with E-state index in [1.807, 2.05) is 0 Å². The molecule has 11 N–H and O–H groups in total. The van der Waals surface area contributed by atoms with Crippen LogP contribution < -0.4 is 15.4 Å². The van der Waals surface area contributed by atoms with Gasteiger partial charge in [0.25, 0.3) is 5.91 Å². The van der Waals surface area contributed by atoms with E-state index < -0.39 is 154 Å². The van der Waals surface area contributed by atoms with Crippen molar-refractivity contribution >= 4 is 39.4 Å². The number of carboxylic acid groups (broad SMARTS) is 1. The van der Waals surface area contributed by atoms with Crippen molar-refractivity contribution < 1.29 is 88.8 Å². The van der Waals surface area contributed by atoms with E-state index in [0.29, 0.717) is 0 Å². The van der Waals surface area contributed by atoms with E-state index in [1.165, 1.54) is 34.1 Å². The number of aromatic hydroxyl groups is 3. The summed E-state index contributed by atoms with van der Waals surface area (Å²) in [6, 6.07) is 1.09. The van der Waals surface area contributed by atoms with E-state index in [9.17, 15) is 65.1 Å². The molecule has 20 nitrogen and oxygen atoms in total. The fraction of sp³-hybridized carbons (Fsp3) is 0.450. The third-order valence-corrected chi connectivity index (χ3v) is 12.6. The number of amides is 1. The number of likely N-dealkylation sites (N-methyl/N-ethyl adjacent to an activating group) is 1. The van der Waals surface area contributed by atoms with Crippen molar-refractivity contribution in [2.45, 2.75) is 94.3 Å². The van der Waals surface area contributed by atoms with Crippen molar-refractivity contribution in [3.05, 3.63) is 67.2 Å². The fourth-order valence-corrected chi connectivity index (χ4v) is 8.95. The van der Waals surface area contributed by atoms with Gasteiger partial charge in [-0.3, -0.25) is 19.2 Å². The van der Waals surface area contributed by atoms with E-state index in [-0.39, 0.29) is 32.5 Å². The highest BCUT2D eigenvalue weighted by Gasteiger charge is 2.51. The largest absolute Gasteiger partial charge is 0.507 e. The summed E-state index contributed by atoms with van der Waals surface area (Å²) in [5, 5.41) is 105. The third kappa shape index (κ3) is 7.12. The Labute approximate surface area is 354 Å². The van der Waals surface area contributed by atoms with Crippen LogP contribution in [0, 0.1) is 6.92 Å². The molecule has 61 heavy (non-hydrogen) atoms. The van der Waals surface area contributed by atoms with Gasteiger partial charge in [0, 0.05) is 38.4 Å². The Balaban J connectivity index is 1.39. The first-order chi connectivity index (χ1) is 28.7. The minimum absolute atomic E-state index is 0.00472. The Kier molecular flexibility index (Phi) is 12.0. The number of aliphatic hydroxyl groups is 5. The molecule has 0 spiro atoms. The number of hydrogen-bond donors (Lipinski definition) is 11. The van der Waals surface area contributed by atoms with E-state index in [1.54, 1.807) is 6.92 Å². The normalized spacial score (nSPS) is 29.8. The van der Waals surface area contributed by atoms with Gasteiger partial charge < -0.3 is 80.3 Å². The third-order valence-electron chi connectivity index (χ3n) is 11.6. The predicted octanol–water partition coefficient (Wildman–Crippen LogP) is 0.151. The van der Waals surface area contributed by atoms with Crippen molar-refractivity contribution in [3.63, 3.8) is 0 Å². The molecule has 1 amide bonds. The summed E-state index contributed by atoms with van der Waals surface area (Å²) < 4.78 is 29.0. The molecule has 12 atom stereocenters. The first-order valence-electron chi connectivity index (χ1n) is 18.9. The summed E-state index contributed by atoms with van der Waals surface area (Å²) in [6.45, 7) is 3.73. The molecule has 0 bridgehead atoms. The van der Waals surface area contributed by atoms with Crippen LogP contribution in [0.4, 0.5) is 0 Å². The van der Waals surface area contributed by atoms with Gasteiger partial charge in [-0.2, -0.15) is 0 Å². The van der Waals surface area contributed by atoms with Gasteiger partial charge in [-0.05, 0) is 51.1 Å². The maximum atomic E-state index is 14.1. The lowest BCUT2D eigenvalue weighted by molar-refractivity contribution is -0.339. The lowest BCUT2D eigenvalue weighted by Crippen LogP contribution is -2.65. The molecule has 0 saturated carbocycles. The SMILES string of the molecule is CN[C@@H]1[C@H](O[C@@H]2OC[C@@H](O)[C@H](O)[C@H]2O)[C@@H](O)[C@H](O[C@H]2c3c(Br)c(C)c(C(=O)N[C@H](C)C(=O)O)c(O)c3-c3c(cc4c(c3O)C(=O)c3cc(OC)cc(O)c3C4=O)[C@@H]2O)O[C@@H]1C. The summed E-state index contributed by atoms with van der Waals surface area (Å²) >= 11 is 3.44. The molecule has 3 aromatic rings. The van der Waals surface area contributed by atoms with E-state index in [4.69, 9.17) is 23.7 Å². The van der Waals surface area contributed by atoms with Gasteiger partial charge in [0.05, 0.1) is 42.6 Å². The number of hydrogen-bond acceptors (Lipinski definition) is 18. The van der Waals surface area contributed by atoms with Crippen molar-refractivity contribution in [2.24, 2.45) is 0 Å². The molecule has 2 aliphatic heterocycles. The van der Waals surface area contributed by atoms with Gasteiger partial charge in [-0.25, -0.2) is 0 Å². The van der Waals surface area contributed by atoms with Crippen LogP contribution in [0.5, 0.6) is 23.0 Å². The van der Waals surface area contributed by atoms with Crippen LogP contribution in [-0.4, -0.2) is 151 Å². The number of aliphatic carboxylic acids is 1. The lowest BCUT2D eigenvalue weighted by atomic mass is 9.74. The van der Waals surface area contributed by atoms with Gasteiger partial charge in [0.15, 0.2) is 24.1 Å². The van der Waals surface area contributed by atoms with Crippen LogP contribution in [0.25, 0.3) is 11.1 Å². The highest BCUT2D eigenvalue weighted by Crippen LogP contribution is 2.59. The zero-order valence-corrected chi connectivity index (χ0v) is 34.5. The number of phenols is 3. The minimum Gasteiger partial charge on any atom is -0.507 e. The van der Waals surface area contributed by atoms with Crippen molar-refractivity contribution in [2.75, 3.05) is 20.8 Å². The molecular weight excluding hydrogens is 876 g/mol. The first-order valence-corrected chi connectivity index (χ1v) is 19.7. The average molecular weight is 920 g/mol. The second-order valence-corrected chi connectivity index (χ2v) is 16.0. The number of benzene rings is 3. The Morgan fingerprint density at radius 1 is 0.885 bits per heavy atom. The number of halogens is 1. The van der Waals surface area contributed by atoms with Crippen LogP contribution >= 0.6 is 15.9 Å². The summed E-state index contributed by atoms with van der Waals surface area (Å²) in [5.41, 5.74) is -3.57. The van der Waals surface area contributed by atoms with Crippen LogP contribution in [0.15, 0.2) is 22.7 Å². The standard InChI is InChI=1S/C40H43BrN2O18/c1-10-19(37(54)43-11(2)38(55)56)31(50)23-21-15(8-16-22(32(21)51)28(47)14-6-13(57-5)7-17(44)20(14)27(16)46)29(48)35(24(23)25(10)41)60-40-34(53)36(26(42-4)12(3)59-40)61-39-33(52)30(49)18(45)9-58-39/h6-8,11-12,18,26,29-30,33-36,39-40,42,44-45,48-53H,9H2,1-5H3,(H,43,54)(H,55,56)/t11-,12-,18-,26+,29+,30+,33-,34-,35+,36+,39+,40+/m1/s1. The Bertz CT molecular complexity index is 2340. The number of ketones is 2. The van der Waals surface area contributed by atoms with Gasteiger partial charge >= 0.3 is 5.97 Å². The van der Waals surface area contributed by atoms with Crippen molar-refractivity contribution in [1.82, 2.24) is 10.6 Å². The number of aliphatic hydroxyl groups excluding tert-OH is 5. The summed E-state index contributed by atoms with van der Waals surface area (Å²) in [6.07, 6.45) is -15.7. The zero-order chi connectivity index (χ0) is 44.7. The highest BCUT2D eigenvalue weighted by atomic mass is 79.9. The molecule has 328 valence electrons. The Hall–Kier alpha value is -4.78. The number of carbonyl (C=O) groups excluding carboxylic acids is 3. The van der Waals surface area contributed by atoms with Crippen molar-refractivity contribution in [1.29, 1.82) is 0 Å². The fourth-order valence-electron chi connectivity index (χ4n) is 8.33. The predicted molar refractivity (Wildman–Crippen MR) is 208 cm³/mol. The van der Waals surface area contributed by atoms with Crippen LogP contribution in [0.3, 0.4) is 0 Å². The number of carboxylic acids is 1. The molecule has 2 heterocycles. The summed E-state index contributed by atoms with van der Waals surface area (Å²) in [4.78, 5) is 53.6. The van der Waals surface area contributed by atoms with Crippen LogP contribution in [0.1, 0.15) is 84.9 Å². The Morgan fingerprint density at radius 2 is 1.54 bits per heavy atom. The van der Waals surface area contributed by atoms with Gasteiger partial charge in [0.2, 0.25) is 0 Å². The van der Waals surface area contributed by atoms with Crippen LogP contribution in [0.2, 0.25) is 0 Å². The molecule has 3 aromatic carbocycles. The van der Waals surface area contributed by atoms with Gasteiger partial charge in [-0.15, -0.1) is 0 Å². The van der Waals surface area contributed by atoms with Crippen LogP contribution in [-0.2, 0) is 23.7 Å². The molecule has 0 aromatic heterocycles. The number of rotatable bonds is 9. The Morgan fingerprint density at radius 3 is 2.18 bits per heavy atom. The summed E-state index contributed by atoms with van der Waals surface area (Å²) in [5.74, 6) is -6.73. The van der Waals surface area contributed by atoms with E-state index in [2.05, 4.69) is 26.6 Å². The second-order valence-electron chi connectivity index (χ2n) is 15.2. The lowest BCUT2D eigenvalue weighted by Gasteiger charge is -2.47. The summed E-state index contributed by atoms with van der Waals surface area (Å²) in [7, 11) is 2.80. The van der Waals surface area contributed by atoms with Gasteiger partial charge in [-0.1, -0.05) is 15.9 Å². The minimum atomic E-state index is -1.93. The highest BCUT2D eigenvalue weighted by molar-refractivity contribution is 9.10. The molecule has 2 aliphatic carbocycles. The number of phenolic OH excluding ortho intramolecular Hbond substituents is 3. The number of fused-ring (bicyclic) bond motifs is 5. The molecule has 0 radical (unpaired) electrons. The quantitative estimate of drug-likeness (QED) is 0.106. The molecule has 21 heteroatoms. The first kappa shape index (κ1) is 44.3. The average Bonchev–Trinajstić information content (AvgIpc) is 3.21. The number of methoxy groups -OCH3 is 1. The molecule has 2 saturated heterocycles. The molecular formula is C40H43BrN2O18. The van der Waals surface area contributed by atoms with E-state index >= 15 is 0 Å². The van der Waals surface area contributed by atoms with Gasteiger partial charge in [0.1, 0.15) is 71.8 Å². The number of nitrogens with one attached hydrogen (secondary N) is 2. The molecule has 7 rings (SSSR count). The number of ether oxygens (including phenoxy) is 5. The maximum absolute atomic E-state index is 14.1. The van der Waals surface area contributed by atoms with Crippen molar-refractivity contribution in [3.8, 4) is 34.1 Å². The molecule has 4 aliphatic rings. The zero-order valence-electron chi connectivity index (χ0n) is 32.9. The van der Waals surface area contributed by atoms with E-state index in [0.717, 1.165) is 12.1 Å². The number of carbonyl (C=O) groups is 4. The maximum Gasteiger partial charge on any atom is 0.325 e. The monoisotopic (exact) mass is 918 g/mol. The molecule has 0 unspecified atom stereocenters. The smallest absolute Gasteiger partial charge is 0.325 e. The topological polar surface area (TPSA) is 321 Å². The second kappa shape index (κ2) is 16.5.